The fourth-order valence-electron chi connectivity index (χ4n) is 3.30. The van der Waals surface area contributed by atoms with Gasteiger partial charge in [-0.15, -0.1) is 11.3 Å². The third-order valence-corrected chi connectivity index (χ3v) is 9.53. The van der Waals surface area contributed by atoms with Crippen LogP contribution in [0.1, 0.15) is 32.3 Å². The summed E-state index contributed by atoms with van der Waals surface area (Å²) in [5, 5.41) is 2.64. The van der Waals surface area contributed by atoms with Gasteiger partial charge in [-0.1, -0.05) is 43.8 Å². The second-order valence-electron chi connectivity index (χ2n) is 7.67. The summed E-state index contributed by atoms with van der Waals surface area (Å²) in [5.41, 5.74) is 2.04. The fraction of sp³-hybridized carbons (Fsp3) is 0.375. The maximum Gasteiger partial charge on any atom is 0.306 e. The number of nitrogens with zero attached hydrogens (tertiary/aromatic N) is 2. The van der Waals surface area contributed by atoms with Crippen LogP contribution < -0.4 is 5.32 Å². The van der Waals surface area contributed by atoms with E-state index in [1.807, 2.05) is 24.3 Å². The van der Waals surface area contributed by atoms with E-state index in [4.69, 9.17) is 4.74 Å². The molecule has 0 bridgehead atoms. The first-order chi connectivity index (χ1) is 16.7. The lowest BCUT2D eigenvalue weighted by Crippen LogP contribution is -2.30. The van der Waals surface area contributed by atoms with Crippen molar-refractivity contribution in [3.8, 4) is 0 Å². The number of hydrogen-bond donors (Lipinski definition) is 1. The number of rotatable bonds is 12. The zero-order valence-electron chi connectivity index (χ0n) is 19.9. The monoisotopic (exact) mass is 535 g/mol. The van der Waals surface area contributed by atoms with Gasteiger partial charge in [-0.2, -0.15) is 4.31 Å². The van der Waals surface area contributed by atoms with Crippen molar-refractivity contribution < 1.29 is 22.7 Å². The number of carbonyl (C=O) groups excluding carboxylic acids is 2. The molecule has 0 aliphatic rings. The normalized spacial score (nSPS) is 11.7. The lowest BCUT2D eigenvalue weighted by molar-refractivity contribution is -0.147. The van der Waals surface area contributed by atoms with Gasteiger partial charge >= 0.3 is 5.97 Å². The minimum atomic E-state index is -3.65. The third-order valence-electron chi connectivity index (χ3n) is 5.22. The smallest absolute Gasteiger partial charge is 0.306 e. The van der Waals surface area contributed by atoms with E-state index in [0.29, 0.717) is 36.5 Å². The van der Waals surface area contributed by atoms with Crippen LogP contribution in [0.2, 0.25) is 0 Å². The summed E-state index contributed by atoms with van der Waals surface area (Å²) in [6, 6.07) is 12.5. The number of ether oxygens (including phenoxy) is 1. The van der Waals surface area contributed by atoms with Crippen LogP contribution >= 0.6 is 23.1 Å². The van der Waals surface area contributed by atoms with Crippen LogP contribution in [0.5, 0.6) is 0 Å². The number of aryl methyl sites for hydroxylation is 1. The van der Waals surface area contributed by atoms with Crippen LogP contribution in [0.15, 0.2) is 51.7 Å². The number of benzene rings is 2. The predicted molar refractivity (Wildman–Crippen MR) is 140 cm³/mol. The van der Waals surface area contributed by atoms with Gasteiger partial charge in [0.2, 0.25) is 10.0 Å². The Labute approximate surface area is 214 Å². The minimum absolute atomic E-state index is 0.102. The molecule has 0 radical (unpaired) electrons. The lowest BCUT2D eigenvalue weighted by Gasteiger charge is -2.19. The van der Waals surface area contributed by atoms with E-state index in [9.17, 15) is 18.0 Å². The molecule has 0 saturated carbocycles. The van der Waals surface area contributed by atoms with Crippen molar-refractivity contribution in [1.29, 1.82) is 0 Å². The van der Waals surface area contributed by atoms with Gasteiger partial charge in [0.1, 0.15) is 0 Å². The Bertz CT molecular complexity index is 1250. The van der Waals surface area contributed by atoms with E-state index in [1.165, 1.54) is 16.4 Å². The van der Waals surface area contributed by atoms with Crippen LogP contribution in [0, 0.1) is 6.92 Å². The van der Waals surface area contributed by atoms with Gasteiger partial charge in [0.25, 0.3) is 5.91 Å². The topological polar surface area (TPSA) is 106 Å². The second kappa shape index (κ2) is 12.5. The minimum Gasteiger partial charge on any atom is -0.456 e. The summed E-state index contributed by atoms with van der Waals surface area (Å²) in [7, 11) is -3.65. The lowest BCUT2D eigenvalue weighted by atomic mass is 10.2. The van der Waals surface area contributed by atoms with Gasteiger partial charge in [-0.25, -0.2) is 13.4 Å². The summed E-state index contributed by atoms with van der Waals surface area (Å²) in [4.78, 5) is 29.0. The van der Waals surface area contributed by atoms with Gasteiger partial charge in [0, 0.05) is 31.0 Å². The first-order valence-corrected chi connectivity index (χ1v) is 14.5. The molecule has 1 amide bonds. The van der Waals surface area contributed by atoms with Crippen LogP contribution in [0.25, 0.3) is 10.2 Å². The third kappa shape index (κ3) is 7.26. The molecule has 0 fully saturated rings. The number of sulfonamides is 1. The van der Waals surface area contributed by atoms with Crippen molar-refractivity contribution in [1.82, 2.24) is 9.29 Å². The highest BCUT2D eigenvalue weighted by Crippen LogP contribution is 2.29. The average Bonchev–Trinajstić information content (AvgIpc) is 3.25. The van der Waals surface area contributed by atoms with Crippen molar-refractivity contribution >= 4 is 60.9 Å². The maximum absolute atomic E-state index is 12.8. The van der Waals surface area contributed by atoms with Crippen molar-refractivity contribution in [3.05, 3.63) is 48.0 Å². The molecule has 188 valence electrons. The summed E-state index contributed by atoms with van der Waals surface area (Å²) in [5.74, 6) is -0.268. The van der Waals surface area contributed by atoms with Crippen LogP contribution in [-0.2, 0) is 24.3 Å². The quantitative estimate of drug-likeness (QED) is 0.204. The molecule has 0 atom stereocenters. The summed E-state index contributed by atoms with van der Waals surface area (Å²) in [6.45, 7) is 5.57. The SMILES string of the molecule is CCN(CC)S(=O)(=O)c1ccc(C)c(NC(=O)COC(=O)CCCSc2nc3ccccc3s2)c1. The average molecular weight is 536 g/mol. The number of thioether (sulfide) groups is 1. The number of hydrogen-bond acceptors (Lipinski definition) is 8. The molecule has 0 saturated heterocycles. The number of esters is 1. The first kappa shape index (κ1) is 27.1. The van der Waals surface area contributed by atoms with Crippen LogP contribution in [0.4, 0.5) is 5.69 Å². The first-order valence-electron chi connectivity index (χ1n) is 11.3. The second-order valence-corrected chi connectivity index (χ2v) is 12.0. The molecule has 8 nitrogen and oxygen atoms in total. The van der Waals surface area contributed by atoms with Gasteiger partial charge in [-0.3, -0.25) is 9.59 Å². The van der Waals surface area contributed by atoms with E-state index in [0.717, 1.165) is 14.6 Å². The molecule has 0 aliphatic carbocycles. The zero-order valence-corrected chi connectivity index (χ0v) is 22.4. The number of para-hydroxylation sites is 1. The number of fused-ring (bicyclic) bond motifs is 1. The Hall–Kier alpha value is -2.47. The summed E-state index contributed by atoms with van der Waals surface area (Å²) < 4.78 is 34.0. The van der Waals surface area contributed by atoms with Crippen LogP contribution in [-0.4, -0.2) is 55.0 Å². The molecule has 35 heavy (non-hydrogen) atoms. The molecular weight excluding hydrogens is 506 g/mol. The van der Waals surface area contributed by atoms with E-state index in [1.54, 1.807) is 49.9 Å². The highest BCUT2D eigenvalue weighted by Gasteiger charge is 2.22. The number of thiazole rings is 1. The molecule has 11 heteroatoms. The molecule has 0 spiro atoms. The molecule has 1 N–H and O–H groups in total. The van der Waals surface area contributed by atoms with Crippen molar-refractivity contribution in [2.24, 2.45) is 0 Å². The zero-order chi connectivity index (χ0) is 25.4. The van der Waals surface area contributed by atoms with E-state index in [-0.39, 0.29) is 11.3 Å². The highest BCUT2D eigenvalue weighted by atomic mass is 32.2. The summed E-state index contributed by atoms with van der Waals surface area (Å²) >= 11 is 3.21. The van der Waals surface area contributed by atoms with E-state index >= 15 is 0 Å². The van der Waals surface area contributed by atoms with Crippen LogP contribution in [0.3, 0.4) is 0 Å². The van der Waals surface area contributed by atoms with Gasteiger partial charge in [0.15, 0.2) is 10.9 Å². The number of nitrogens with one attached hydrogen (secondary N) is 1. The fourth-order valence-corrected chi connectivity index (χ4v) is 6.87. The Balaban J connectivity index is 1.45. The number of carbonyl (C=O) groups is 2. The molecule has 1 heterocycles. The number of amides is 1. The van der Waals surface area contributed by atoms with Gasteiger partial charge < -0.3 is 10.1 Å². The Morgan fingerprint density at radius 2 is 1.89 bits per heavy atom. The van der Waals surface area contributed by atoms with Crippen molar-refractivity contribution in [3.63, 3.8) is 0 Å². The van der Waals surface area contributed by atoms with Crippen molar-refractivity contribution in [2.75, 3.05) is 30.8 Å². The number of anilines is 1. The molecule has 0 aliphatic heterocycles. The Morgan fingerprint density at radius 1 is 1.14 bits per heavy atom. The predicted octanol–water partition coefficient (Wildman–Crippen LogP) is 4.69. The highest BCUT2D eigenvalue weighted by molar-refractivity contribution is 8.01. The van der Waals surface area contributed by atoms with Gasteiger partial charge in [0.05, 0.1) is 15.1 Å². The molecule has 1 aromatic heterocycles. The standard InChI is InChI=1S/C24H29N3O5S3/c1-4-27(5-2)35(30,31)18-13-12-17(3)20(15-18)25-22(28)16-32-23(29)11-8-14-33-24-26-19-9-6-7-10-21(19)34-24/h6-7,9-10,12-13,15H,4-5,8,11,14,16H2,1-3H3,(H,25,28). The molecule has 3 aromatic rings. The van der Waals surface area contributed by atoms with Crippen molar-refractivity contribution in [2.45, 2.75) is 42.8 Å². The molecule has 0 unspecified atom stereocenters. The largest absolute Gasteiger partial charge is 0.456 e. The summed E-state index contributed by atoms with van der Waals surface area (Å²) in [6.07, 6.45) is 0.799. The Kier molecular flexibility index (Phi) is 9.67. The molecule has 2 aromatic carbocycles. The maximum atomic E-state index is 12.8. The van der Waals surface area contributed by atoms with E-state index < -0.39 is 28.5 Å². The van der Waals surface area contributed by atoms with Gasteiger partial charge in [-0.05, 0) is 43.2 Å². The van der Waals surface area contributed by atoms with E-state index in [2.05, 4.69) is 10.3 Å². The molecule has 3 rings (SSSR count). The Morgan fingerprint density at radius 3 is 2.60 bits per heavy atom. The molecular formula is C24H29N3O5S3. The number of aromatic nitrogens is 1.